The number of aryl methyl sites for hydroxylation is 1. The van der Waals surface area contributed by atoms with Gasteiger partial charge in [-0.15, -0.1) is 11.3 Å². The zero-order valence-electron chi connectivity index (χ0n) is 10.0. The maximum Gasteiger partial charge on any atom is 0.0994 e. The lowest BCUT2D eigenvalue weighted by atomic mass is 10.3. The summed E-state index contributed by atoms with van der Waals surface area (Å²) in [6, 6.07) is 8.20. The largest absolute Gasteiger partial charge is 0.307 e. The average molecular weight is 274 g/mol. The van der Waals surface area contributed by atoms with E-state index < -0.39 is 0 Å². The molecule has 0 fully saturated rings. The first-order valence-electron chi connectivity index (χ1n) is 5.54. The van der Waals surface area contributed by atoms with Gasteiger partial charge < -0.3 is 4.90 Å². The Balaban J connectivity index is 2.33. The third kappa shape index (κ3) is 3.24. The van der Waals surface area contributed by atoms with Crippen LogP contribution in [0.1, 0.15) is 5.69 Å². The molecule has 0 atom stereocenters. The van der Waals surface area contributed by atoms with Crippen LogP contribution in [0.15, 0.2) is 59.6 Å². The third-order valence-electron chi connectivity index (χ3n) is 2.35. The molecular weight excluding hydrogens is 260 g/mol. The summed E-state index contributed by atoms with van der Waals surface area (Å²) in [5, 5.41) is 4.92. The molecule has 18 heavy (non-hydrogen) atoms. The van der Waals surface area contributed by atoms with Crippen molar-refractivity contribution in [3.8, 4) is 0 Å². The van der Waals surface area contributed by atoms with Crippen molar-refractivity contribution in [3.05, 3.63) is 65.3 Å². The molecule has 0 saturated carbocycles. The summed E-state index contributed by atoms with van der Waals surface area (Å²) in [6.45, 7) is 1.98. The molecule has 92 valence electrons. The second-order valence-electron chi connectivity index (χ2n) is 3.66. The summed E-state index contributed by atoms with van der Waals surface area (Å²) < 4.78 is 0. The number of thiophene rings is 1. The van der Waals surface area contributed by atoms with Gasteiger partial charge in [0, 0.05) is 11.9 Å². The van der Waals surface area contributed by atoms with Crippen LogP contribution in [0.25, 0.3) is 0 Å². The van der Waals surface area contributed by atoms with E-state index in [4.69, 9.17) is 0 Å². The maximum atomic E-state index is 4.33. The van der Waals surface area contributed by atoms with Crippen LogP contribution in [-0.4, -0.2) is 4.98 Å². The SMILES string of the molecule is Cc1ccc(N(/C=C/C=C\S)c2cccs2)cn1. The minimum Gasteiger partial charge on any atom is -0.307 e. The summed E-state index contributed by atoms with van der Waals surface area (Å²) in [4.78, 5) is 6.44. The Morgan fingerprint density at radius 1 is 1.28 bits per heavy atom. The molecule has 2 heterocycles. The van der Waals surface area contributed by atoms with Gasteiger partial charge in [-0.1, -0.05) is 6.08 Å². The first-order valence-corrected chi connectivity index (χ1v) is 6.94. The van der Waals surface area contributed by atoms with E-state index in [2.05, 4.69) is 40.0 Å². The molecule has 4 heteroatoms. The van der Waals surface area contributed by atoms with Gasteiger partial charge in [0.15, 0.2) is 0 Å². The van der Waals surface area contributed by atoms with Crippen molar-refractivity contribution in [2.45, 2.75) is 6.92 Å². The Labute approximate surface area is 117 Å². The molecule has 0 radical (unpaired) electrons. The minimum absolute atomic E-state index is 1.02. The van der Waals surface area contributed by atoms with Gasteiger partial charge in [-0.2, -0.15) is 12.6 Å². The number of nitrogens with zero attached hydrogens (tertiary/aromatic N) is 2. The number of hydrogen-bond acceptors (Lipinski definition) is 4. The van der Waals surface area contributed by atoms with Gasteiger partial charge in [0.2, 0.25) is 0 Å². The standard InChI is InChI=1S/C14H14N2S2/c1-12-6-7-13(11-15-12)16(8-2-3-9-17)14-5-4-10-18-14/h2-11,17H,1H3/b8-2+,9-3-. The molecule has 2 nitrogen and oxygen atoms in total. The van der Waals surface area contributed by atoms with E-state index in [9.17, 15) is 0 Å². The Bertz CT molecular complexity index is 527. The molecule has 2 aromatic heterocycles. The van der Waals surface area contributed by atoms with Crippen molar-refractivity contribution in [1.29, 1.82) is 0 Å². The molecule has 0 aliphatic carbocycles. The molecule has 0 bridgehead atoms. The Hall–Kier alpha value is -1.52. The number of pyridine rings is 1. The van der Waals surface area contributed by atoms with Crippen molar-refractivity contribution in [2.24, 2.45) is 0 Å². The molecule has 0 saturated heterocycles. The van der Waals surface area contributed by atoms with Crippen LogP contribution >= 0.6 is 24.0 Å². The minimum atomic E-state index is 1.02. The first-order chi connectivity index (χ1) is 8.81. The highest BCUT2D eigenvalue weighted by Gasteiger charge is 2.06. The van der Waals surface area contributed by atoms with E-state index in [0.717, 1.165) is 16.4 Å². The van der Waals surface area contributed by atoms with Crippen molar-refractivity contribution in [1.82, 2.24) is 4.98 Å². The van der Waals surface area contributed by atoms with Crippen LogP contribution in [0.2, 0.25) is 0 Å². The highest BCUT2D eigenvalue weighted by Crippen LogP contribution is 2.29. The highest BCUT2D eigenvalue weighted by atomic mass is 32.1. The summed E-state index contributed by atoms with van der Waals surface area (Å²) in [7, 11) is 0. The van der Waals surface area contributed by atoms with Crippen LogP contribution in [0, 0.1) is 6.92 Å². The van der Waals surface area contributed by atoms with Gasteiger partial charge in [0.05, 0.1) is 16.9 Å². The molecule has 0 unspecified atom stereocenters. The molecule has 2 rings (SSSR count). The Kier molecular flexibility index (Phi) is 4.61. The monoisotopic (exact) mass is 274 g/mol. The lowest BCUT2D eigenvalue weighted by Crippen LogP contribution is -2.06. The maximum absolute atomic E-state index is 4.33. The van der Waals surface area contributed by atoms with E-state index >= 15 is 0 Å². The van der Waals surface area contributed by atoms with Crippen molar-refractivity contribution < 1.29 is 0 Å². The Morgan fingerprint density at radius 3 is 2.78 bits per heavy atom. The lowest BCUT2D eigenvalue weighted by molar-refractivity contribution is 1.17. The summed E-state index contributed by atoms with van der Waals surface area (Å²) in [5.74, 6) is 0. The molecule has 0 spiro atoms. The fraction of sp³-hybridized carbons (Fsp3) is 0.0714. The molecule has 2 aromatic rings. The number of rotatable bonds is 4. The van der Waals surface area contributed by atoms with Gasteiger partial charge in [0.1, 0.15) is 0 Å². The predicted octanol–water partition coefficient (Wildman–Crippen LogP) is 4.55. The normalized spacial score (nSPS) is 11.4. The number of anilines is 2. The molecule has 0 aliphatic heterocycles. The molecule has 0 aromatic carbocycles. The smallest absolute Gasteiger partial charge is 0.0994 e. The predicted molar refractivity (Wildman–Crippen MR) is 82.7 cm³/mol. The average Bonchev–Trinajstić information content (AvgIpc) is 2.90. The van der Waals surface area contributed by atoms with E-state index in [1.165, 1.54) is 0 Å². The van der Waals surface area contributed by atoms with Crippen LogP contribution in [0.5, 0.6) is 0 Å². The number of allylic oxidation sites excluding steroid dienone is 2. The van der Waals surface area contributed by atoms with Gasteiger partial charge in [0.25, 0.3) is 0 Å². The summed E-state index contributed by atoms with van der Waals surface area (Å²) in [5.41, 5.74) is 2.07. The topological polar surface area (TPSA) is 16.1 Å². The molecule has 0 aliphatic rings. The van der Waals surface area contributed by atoms with E-state index in [0.29, 0.717) is 0 Å². The summed E-state index contributed by atoms with van der Waals surface area (Å²) >= 11 is 5.73. The van der Waals surface area contributed by atoms with E-state index in [1.54, 1.807) is 16.7 Å². The lowest BCUT2D eigenvalue weighted by Gasteiger charge is -2.18. The van der Waals surface area contributed by atoms with Gasteiger partial charge >= 0.3 is 0 Å². The van der Waals surface area contributed by atoms with Crippen LogP contribution in [0.4, 0.5) is 10.7 Å². The number of hydrogen-bond donors (Lipinski definition) is 1. The first kappa shape index (κ1) is 12.9. The van der Waals surface area contributed by atoms with Crippen molar-refractivity contribution >= 4 is 34.7 Å². The van der Waals surface area contributed by atoms with Gasteiger partial charge in [-0.05, 0) is 48.1 Å². The number of aromatic nitrogens is 1. The van der Waals surface area contributed by atoms with Gasteiger partial charge in [-0.25, -0.2) is 0 Å². The van der Waals surface area contributed by atoms with E-state index in [1.807, 2.05) is 43.6 Å². The second-order valence-corrected chi connectivity index (χ2v) is 4.89. The fourth-order valence-electron chi connectivity index (χ4n) is 1.48. The van der Waals surface area contributed by atoms with Gasteiger partial charge in [-0.3, -0.25) is 4.98 Å². The third-order valence-corrected chi connectivity index (χ3v) is 3.39. The van der Waals surface area contributed by atoms with Crippen LogP contribution in [0.3, 0.4) is 0 Å². The summed E-state index contributed by atoms with van der Waals surface area (Å²) in [6.07, 6.45) is 7.71. The fourth-order valence-corrected chi connectivity index (χ4v) is 2.31. The number of thiol groups is 1. The van der Waals surface area contributed by atoms with Crippen molar-refractivity contribution in [2.75, 3.05) is 4.90 Å². The second kappa shape index (κ2) is 6.42. The molecule has 0 amide bonds. The zero-order valence-corrected chi connectivity index (χ0v) is 11.7. The van der Waals surface area contributed by atoms with Crippen LogP contribution in [-0.2, 0) is 0 Å². The quantitative estimate of drug-likeness (QED) is 0.650. The molecular formula is C14H14N2S2. The highest BCUT2D eigenvalue weighted by molar-refractivity contribution is 7.83. The molecule has 0 N–H and O–H groups in total. The zero-order chi connectivity index (χ0) is 12.8. The Morgan fingerprint density at radius 2 is 2.17 bits per heavy atom. The van der Waals surface area contributed by atoms with Crippen LogP contribution < -0.4 is 4.90 Å². The van der Waals surface area contributed by atoms with Crippen molar-refractivity contribution in [3.63, 3.8) is 0 Å². The van der Waals surface area contributed by atoms with E-state index in [-0.39, 0.29) is 0 Å².